The first-order chi connectivity index (χ1) is 13.8. The maximum atomic E-state index is 13.8. The van der Waals surface area contributed by atoms with Crippen molar-refractivity contribution < 1.29 is 17.6 Å². The second kappa shape index (κ2) is 8.45. The van der Waals surface area contributed by atoms with Crippen molar-refractivity contribution in [1.29, 1.82) is 0 Å². The largest absolute Gasteiger partial charge is 0.337 e. The van der Waals surface area contributed by atoms with Crippen molar-refractivity contribution >= 4 is 21.6 Å². The number of nitrogens with one attached hydrogen (secondary N) is 1. The van der Waals surface area contributed by atoms with Gasteiger partial charge in [0.1, 0.15) is 5.82 Å². The van der Waals surface area contributed by atoms with E-state index in [1.54, 1.807) is 13.1 Å². The van der Waals surface area contributed by atoms with E-state index in [1.165, 1.54) is 47.4 Å². The number of rotatable bonds is 6. The maximum Gasteiger partial charge on any atom is 0.262 e. The standard InChI is InChI=1S/C22H21FN2O3S/c1-16-8-3-4-9-18(16)15-25(2)22(26)17-10-7-11-19(14-17)29(27,28)24-21-13-6-5-12-20(21)23/h3-14,24H,15H2,1-2H3. The van der Waals surface area contributed by atoms with Crippen LogP contribution in [0.3, 0.4) is 0 Å². The summed E-state index contributed by atoms with van der Waals surface area (Å²) < 4.78 is 41.3. The maximum absolute atomic E-state index is 13.8. The number of aryl methyl sites for hydroxylation is 1. The molecule has 1 N–H and O–H groups in total. The van der Waals surface area contributed by atoms with Gasteiger partial charge in [0.15, 0.2) is 0 Å². The van der Waals surface area contributed by atoms with Crippen LogP contribution in [0.5, 0.6) is 0 Å². The molecule has 0 fully saturated rings. The molecule has 150 valence electrons. The quantitative estimate of drug-likeness (QED) is 0.660. The van der Waals surface area contributed by atoms with E-state index in [0.29, 0.717) is 6.54 Å². The number of nitrogens with zero attached hydrogens (tertiary/aromatic N) is 1. The number of carbonyl (C=O) groups is 1. The first-order valence-corrected chi connectivity index (χ1v) is 10.4. The van der Waals surface area contributed by atoms with Crippen molar-refractivity contribution in [2.45, 2.75) is 18.4 Å². The van der Waals surface area contributed by atoms with E-state index in [9.17, 15) is 17.6 Å². The Hall–Kier alpha value is -3.19. The van der Waals surface area contributed by atoms with Crippen LogP contribution in [0.1, 0.15) is 21.5 Å². The Bertz CT molecular complexity index is 1150. The highest BCUT2D eigenvalue weighted by Crippen LogP contribution is 2.20. The van der Waals surface area contributed by atoms with Crippen molar-refractivity contribution in [3.8, 4) is 0 Å². The molecule has 0 saturated heterocycles. The van der Waals surface area contributed by atoms with Crippen molar-refractivity contribution in [3.63, 3.8) is 0 Å². The Balaban J connectivity index is 1.82. The lowest BCUT2D eigenvalue weighted by Crippen LogP contribution is -2.26. The molecule has 0 saturated carbocycles. The molecule has 0 aliphatic heterocycles. The van der Waals surface area contributed by atoms with E-state index < -0.39 is 15.8 Å². The van der Waals surface area contributed by atoms with Gasteiger partial charge in [0.05, 0.1) is 10.6 Å². The van der Waals surface area contributed by atoms with Gasteiger partial charge >= 0.3 is 0 Å². The molecule has 0 bridgehead atoms. The molecular formula is C22H21FN2O3S. The van der Waals surface area contributed by atoms with Gasteiger partial charge in [-0.15, -0.1) is 0 Å². The number of sulfonamides is 1. The molecule has 0 atom stereocenters. The highest BCUT2D eigenvalue weighted by molar-refractivity contribution is 7.92. The van der Waals surface area contributed by atoms with Crippen LogP contribution >= 0.6 is 0 Å². The van der Waals surface area contributed by atoms with Crippen LogP contribution < -0.4 is 4.72 Å². The lowest BCUT2D eigenvalue weighted by atomic mass is 10.1. The minimum absolute atomic E-state index is 0.115. The number of benzene rings is 3. The Morgan fingerprint density at radius 2 is 1.69 bits per heavy atom. The second-order valence-electron chi connectivity index (χ2n) is 6.70. The summed E-state index contributed by atoms with van der Waals surface area (Å²) in [5.41, 5.74) is 2.16. The summed E-state index contributed by atoms with van der Waals surface area (Å²) in [4.78, 5) is 14.2. The minimum atomic E-state index is -4.04. The van der Waals surface area contributed by atoms with Crippen LogP contribution in [0, 0.1) is 12.7 Å². The summed E-state index contributed by atoms with van der Waals surface area (Å²) in [6.45, 7) is 2.37. The van der Waals surface area contributed by atoms with Gasteiger partial charge < -0.3 is 4.90 Å². The first-order valence-electron chi connectivity index (χ1n) is 8.95. The minimum Gasteiger partial charge on any atom is -0.337 e. The highest BCUT2D eigenvalue weighted by Gasteiger charge is 2.19. The third-order valence-electron chi connectivity index (χ3n) is 4.52. The number of carbonyl (C=O) groups excluding carboxylic acids is 1. The highest BCUT2D eigenvalue weighted by atomic mass is 32.2. The van der Waals surface area contributed by atoms with E-state index >= 15 is 0 Å². The Morgan fingerprint density at radius 3 is 2.41 bits per heavy atom. The molecule has 3 aromatic carbocycles. The number of hydrogen-bond acceptors (Lipinski definition) is 3. The van der Waals surface area contributed by atoms with Gasteiger partial charge in [-0.05, 0) is 48.4 Å². The third-order valence-corrected chi connectivity index (χ3v) is 5.89. The summed E-state index contributed by atoms with van der Waals surface area (Å²) in [6.07, 6.45) is 0. The topological polar surface area (TPSA) is 66.5 Å². The molecule has 3 aromatic rings. The monoisotopic (exact) mass is 412 g/mol. The van der Waals surface area contributed by atoms with Crippen molar-refractivity contribution in [1.82, 2.24) is 4.90 Å². The lowest BCUT2D eigenvalue weighted by Gasteiger charge is -2.19. The van der Waals surface area contributed by atoms with Gasteiger partial charge in [-0.1, -0.05) is 42.5 Å². The molecule has 7 heteroatoms. The fourth-order valence-corrected chi connectivity index (χ4v) is 3.99. The average Bonchev–Trinajstić information content (AvgIpc) is 2.71. The molecule has 0 spiro atoms. The number of hydrogen-bond donors (Lipinski definition) is 1. The van der Waals surface area contributed by atoms with Crippen LogP contribution in [-0.2, 0) is 16.6 Å². The fourth-order valence-electron chi connectivity index (χ4n) is 2.88. The van der Waals surface area contributed by atoms with E-state index in [2.05, 4.69) is 4.72 Å². The van der Waals surface area contributed by atoms with Crippen LogP contribution in [0.2, 0.25) is 0 Å². The van der Waals surface area contributed by atoms with E-state index in [0.717, 1.165) is 11.1 Å². The fraction of sp³-hybridized carbons (Fsp3) is 0.136. The van der Waals surface area contributed by atoms with Gasteiger partial charge in [-0.2, -0.15) is 0 Å². The van der Waals surface area contributed by atoms with Crippen LogP contribution in [0.25, 0.3) is 0 Å². The van der Waals surface area contributed by atoms with Gasteiger partial charge in [-0.3, -0.25) is 9.52 Å². The summed E-state index contributed by atoms with van der Waals surface area (Å²) in [5, 5.41) is 0. The number of para-hydroxylation sites is 1. The first kappa shape index (κ1) is 20.5. The predicted molar refractivity (Wildman–Crippen MR) is 111 cm³/mol. The molecule has 1 amide bonds. The van der Waals surface area contributed by atoms with Crippen molar-refractivity contribution in [3.05, 3.63) is 95.3 Å². The second-order valence-corrected chi connectivity index (χ2v) is 8.38. The van der Waals surface area contributed by atoms with E-state index in [-0.39, 0.29) is 22.1 Å². The molecule has 29 heavy (non-hydrogen) atoms. The van der Waals surface area contributed by atoms with Gasteiger partial charge in [0.2, 0.25) is 0 Å². The molecule has 0 aliphatic rings. The summed E-state index contributed by atoms with van der Waals surface area (Å²) >= 11 is 0. The molecule has 0 aliphatic carbocycles. The molecule has 5 nitrogen and oxygen atoms in total. The number of amides is 1. The number of halogens is 1. The summed E-state index contributed by atoms with van der Waals surface area (Å²) in [5.74, 6) is -0.988. The summed E-state index contributed by atoms with van der Waals surface area (Å²) in [7, 11) is -2.38. The molecule has 0 aromatic heterocycles. The van der Waals surface area contributed by atoms with Gasteiger partial charge in [-0.25, -0.2) is 12.8 Å². The Morgan fingerprint density at radius 1 is 1.00 bits per heavy atom. The smallest absolute Gasteiger partial charge is 0.262 e. The predicted octanol–water partition coefficient (Wildman–Crippen LogP) is 4.21. The lowest BCUT2D eigenvalue weighted by molar-refractivity contribution is 0.0784. The summed E-state index contributed by atoms with van der Waals surface area (Å²) in [6, 6.07) is 18.9. The molecule has 0 heterocycles. The van der Waals surface area contributed by atoms with E-state index in [4.69, 9.17) is 0 Å². The van der Waals surface area contributed by atoms with Gasteiger partial charge in [0.25, 0.3) is 15.9 Å². The third kappa shape index (κ3) is 4.81. The van der Waals surface area contributed by atoms with E-state index in [1.807, 2.05) is 31.2 Å². The van der Waals surface area contributed by atoms with Crippen LogP contribution in [0.15, 0.2) is 77.7 Å². The zero-order valence-corrected chi connectivity index (χ0v) is 16.9. The molecule has 3 rings (SSSR count). The Kier molecular flexibility index (Phi) is 5.98. The molecule has 0 radical (unpaired) electrons. The normalized spacial score (nSPS) is 11.1. The average molecular weight is 412 g/mol. The van der Waals surface area contributed by atoms with Crippen molar-refractivity contribution in [2.24, 2.45) is 0 Å². The van der Waals surface area contributed by atoms with Crippen molar-refractivity contribution in [2.75, 3.05) is 11.8 Å². The van der Waals surface area contributed by atoms with Crippen LogP contribution in [-0.4, -0.2) is 26.3 Å². The zero-order chi connectivity index (χ0) is 21.0. The molecular weight excluding hydrogens is 391 g/mol. The molecule has 0 unspecified atom stereocenters. The SMILES string of the molecule is Cc1ccccc1CN(C)C(=O)c1cccc(S(=O)(=O)Nc2ccccc2F)c1. The van der Waals surface area contributed by atoms with Gasteiger partial charge in [0, 0.05) is 19.2 Å². The number of anilines is 1. The zero-order valence-electron chi connectivity index (χ0n) is 16.1. The Labute approximate surface area is 169 Å². The van der Waals surface area contributed by atoms with Crippen LogP contribution in [0.4, 0.5) is 10.1 Å².